The van der Waals surface area contributed by atoms with Gasteiger partial charge >= 0.3 is 0 Å². The fourth-order valence-corrected chi connectivity index (χ4v) is 3.69. The predicted octanol–water partition coefficient (Wildman–Crippen LogP) is 2.83. The Morgan fingerprint density at radius 3 is 2.90 bits per heavy atom. The Hall–Kier alpha value is -0.625. The summed E-state index contributed by atoms with van der Waals surface area (Å²) in [7, 11) is 1.70. The lowest BCUT2D eigenvalue weighted by atomic mass is 10.2. The van der Waals surface area contributed by atoms with Crippen LogP contribution in [0.5, 0.6) is 0 Å². The summed E-state index contributed by atoms with van der Waals surface area (Å²) in [6, 6.07) is 0. The normalized spacial score (nSPS) is 14.6. The molecule has 2 aromatic rings. The highest BCUT2D eigenvalue weighted by Crippen LogP contribution is 2.35. The molecule has 108 valence electrons. The average molecular weight is 310 g/mol. The van der Waals surface area contributed by atoms with Crippen LogP contribution >= 0.6 is 23.1 Å². The van der Waals surface area contributed by atoms with Crippen LogP contribution in [0.2, 0.25) is 0 Å². The minimum absolute atomic E-state index is 0.0159. The van der Waals surface area contributed by atoms with Crippen LogP contribution in [0.1, 0.15) is 31.2 Å². The summed E-state index contributed by atoms with van der Waals surface area (Å²) in [5.41, 5.74) is 1.01. The average Bonchev–Trinajstić information content (AvgIpc) is 2.90. The van der Waals surface area contributed by atoms with Crippen LogP contribution in [0.15, 0.2) is 16.7 Å². The molecule has 0 fully saturated rings. The Kier molecular flexibility index (Phi) is 5.83. The summed E-state index contributed by atoms with van der Waals surface area (Å²) >= 11 is 3.33. The van der Waals surface area contributed by atoms with Gasteiger partial charge in [0.25, 0.3) is 8.05 Å². The fourth-order valence-electron chi connectivity index (χ4n) is 2.10. The Balaban J connectivity index is 2.24. The second-order valence-corrected chi connectivity index (χ2v) is 6.22. The minimum atomic E-state index is 0.0159. The maximum absolute atomic E-state index is 6.08. The Morgan fingerprint density at radius 2 is 2.25 bits per heavy atom. The molecule has 0 saturated heterocycles. The first-order chi connectivity index (χ1) is 9.71. The van der Waals surface area contributed by atoms with Crippen LogP contribution in [0.4, 0.5) is 0 Å². The zero-order valence-electron chi connectivity index (χ0n) is 12.3. The number of fused-ring (bicyclic) bond motifs is 1. The first-order valence-corrected chi connectivity index (χ1v) is 8.72. The number of thiophene rings is 1. The minimum Gasteiger partial charge on any atom is -0.441 e. The highest BCUT2D eigenvalue weighted by Gasteiger charge is 2.19. The summed E-state index contributed by atoms with van der Waals surface area (Å²) in [4.78, 5) is 9.89. The molecule has 0 aliphatic carbocycles. The summed E-state index contributed by atoms with van der Waals surface area (Å²) in [5.74, 6) is 0. The zero-order valence-corrected chi connectivity index (χ0v) is 13.9. The smallest absolute Gasteiger partial charge is 0.257 e. The van der Waals surface area contributed by atoms with E-state index in [9.17, 15) is 0 Å². The molecule has 0 saturated carbocycles. The molecule has 20 heavy (non-hydrogen) atoms. The van der Waals surface area contributed by atoms with E-state index in [2.05, 4.69) is 29.2 Å². The van der Waals surface area contributed by atoms with Gasteiger partial charge in [0.15, 0.2) is 0 Å². The lowest BCUT2D eigenvalue weighted by Crippen LogP contribution is -2.20. The first-order valence-electron chi connectivity index (χ1n) is 6.61. The van der Waals surface area contributed by atoms with E-state index in [1.807, 2.05) is 6.26 Å². The van der Waals surface area contributed by atoms with Gasteiger partial charge in [0, 0.05) is 10.8 Å². The molecule has 0 bridgehead atoms. The van der Waals surface area contributed by atoms with Crippen LogP contribution in [0.3, 0.4) is 0 Å². The van der Waals surface area contributed by atoms with Gasteiger partial charge in [-0.3, -0.25) is 0 Å². The second-order valence-electron chi connectivity index (χ2n) is 4.51. The molecule has 2 atom stereocenters. The van der Waals surface area contributed by atoms with E-state index in [1.165, 1.54) is 0 Å². The van der Waals surface area contributed by atoms with Crippen LogP contribution in [0, 0.1) is 0 Å². The molecule has 2 unspecified atom stereocenters. The first kappa shape index (κ1) is 15.8. The van der Waals surface area contributed by atoms with Crippen molar-refractivity contribution in [3.05, 3.63) is 16.6 Å². The highest BCUT2D eigenvalue weighted by molar-refractivity contribution is 7.98. The summed E-state index contributed by atoms with van der Waals surface area (Å²) in [6.07, 6.45) is 4.73. The molecule has 7 heteroatoms. The van der Waals surface area contributed by atoms with Crippen LogP contribution in [0.25, 0.3) is 10.9 Å². The van der Waals surface area contributed by atoms with Crippen molar-refractivity contribution >= 4 is 42.1 Å². The van der Waals surface area contributed by atoms with E-state index < -0.39 is 0 Å². The van der Waals surface area contributed by atoms with E-state index in [-0.39, 0.29) is 12.2 Å². The van der Waals surface area contributed by atoms with Gasteiger partial charge < -0.3 is 9.39 Å². The van der Waals surface area contributed by atoms with Gasteiger partial charge in [0.1, 0.15) is 11.4 Å². The molecule has 0 radical (unpaired) electrons. The maximum Gasteiger partial charge on any atom is 0.257 e. The number of hydrogen-bond acceptors (Lipinski definition) is 6. The Labute approximate surface area is 128 Å². The SMILES string of the molecule is BOCC(CC)OC(C)c1scc2c(SC)ncnc12. The second kappa shape index (κ2) is 7.40. The number of hydrogen-bond donors (Lipinski definition) is 0. The van der Waals surface area contributed by atoms with E-state index in [1.54, 1.807) is 37.5 Å². The fraction of sp³-hybridized carbons (Fsp3) is 0.538. The van der Waals surface area contributed by atoms with E-state index in [0.717, 1.165) is 27.2 Å². The van der Waals surface area contributed by atoms with Gasteiger partial charge in [0.2, 0.25) is 0 Å². The van der Waals surface area contributed by atoms with Crippen molar-refractivity contribution in [2.45, 2.75) is 37.5 Å². The molecule has 0 N–H and O–H groups in total. The van der Waals surface area contributed by atoms with Gasteiger partial charge in [-0.1, -0.05) is 6.92 Å². The number of aromatic nitrogens is 2. The number of rotatable bonds is 7. The monoisotopic (exact) mass is 310 g/mol. The van der Waals surface area contributed by atoms with E-state index >= 15 is 0 Å². The lowest BCUT2D eigenvalue weighted by molar-refractivity contribution is -0.0252. The van der Waals surface area contributed by atoms with Crippen molar-refractivity contribution in [1.82, 2.24) is 9.97 Å². The maximum atomic E-state index is 6.08. The van der Waals surface area contributed by atoms with E-state index in [4.69, 9.17) is 9.39 Å². The van der Waals surface area contributed by atoms with Crippen molar-refractivity contribution < 1.29 is 9.39 Å². The molecule has 2 heterocycles. The Bertz CT molecular complexity index is 564. The molecular weight excluding hydrogens is 291 g/mol. The van der Waals surface area contributed by atoms with Gasteiger partial charge in [-0.15, -0.1) is 23.1 Å². The van der Waals surface area contributed by atoms with E-state index in [0.29, 0.717) is 6.61 Å². The molecule has 2 aromatic heterocycles. The number of thioether (sulfide) groups is 1. The molecule has 4 nitrogen and oxygen atoms in total. The van der Waals surface area contributed by atoms with Gasteiger partial charge in [-0.2, -0.15) is 0 Å². The van der Waals surface area contributed by atoms with Gasteiger partial charge in [-0.25, -0.2) is 9.97 Å². The van der Waals surface area contributed by atoms with Crippen molar-refractivity contribution in [2.24, 2.45) is 0 Å². The summed E-state index contributed by atoms with van der Waals surface area (Å²) in [5, 5.41) is 4.26. The zero-order chi connectivity index (χ0) is 14.5. The summed E-state index contributed by atoms with van der Waals surface area (Å²) in [6.45, 7) is 4.80. The molecule has 0 aliphatic rings. The molecule has 0 aliphatic heterocycles. The lowest BCUT2D eigenvalue weighted by Gasteiger charge is -2.20. The summed E-state index contributed by atoms with van der Waals surface area (Å²) < 4.78 is 11.3. The molecule has 0 spiro atoms. The largest absolute Gasteiger partial charge is 0.441 e. The van der Waals surface area contributed by atoms with Crippen LogP contribution < -0.4 is 0 Å². The van der Waals surface area contributed by atoms with Crippen molar-refractivity contribution in [2.75, 3.05) is 12.9 Å². The predicted molar refractivity (Wildman–Crippen MR) is 87.3 cm³/mol. The number of nitrogens with zero attached hydrogens (tertiary/aromatic N) is 2. The highest BCUT2D eigenvalue weighted by atomic mass is 32.2. The van der Waals surface area contributed by atoms with Crippen molar-refractivity contribution in [3.63, 3.8) is 0 Å². The van der Waals surface area contributed by atoms with Crippen LogP contribution in [-0.4, -0.2) is 37.0 Å². The van der Waals surface area contributed by atoms with Crippen molar-refractivity contribution in [1.29, 1.82) is 0 Å². The molecule has 0 aromatic carbocycles. The topological polar surface area (TPSA) is 44.2 Å². The third kappa shape index (κ3) is 3.34. The molecule has 2 rings (SSSR count). The van der Waals surface area contributed by atoms with Gasteiger partial charge in [0.05, 0.1) is 29.2 Å². The quantitative estimate of drug-likeness (QED) is 0.447. The van der Waals surface area contributed by atoms with Gasteiger partial charge in [-0.05, 0) is 19.6 Å². The third-order valence-electron chi connectivity index (χ3n) is 3.15. The molecule has 0 amide bonds. The van der Waals surface area contributed by atoms with Crippen LogP contribution in [-0.2, 0) is 9.39 Å². The standard InChI is InChI=1S/C13H19BN2O2S2/c1-4-9(5-17-14)18-8(2)12-11-10(6-20-12)13(19-3)16-7-15-11/h6-9H,4-5,14H2,1-3H3. The molecular formula is C13H19BN2O2S2. The number of ether oxygens (including phenoxy) is 1. The Morgan fingerprint density at radius 1 is 1.45 bits per heavy atom. The van der Waals surface area contributed by atoms with Crippen molar-refractivity contribution in [3.8, 4) is 0 Å². The third-order valence-corrected chi connectivity index (χ3v) is 5.00.